The summed E-state index contributed by atoms with van der Waals surface area (Å²) in [5.74, 6) is 2.65. The van der Waals surface area contributed by atoms with Crippen molar-refractivity contribution < 1.29 is 13.2 Å². The summed E-state index contributed by atoms with van der Waals surface area (Å²) >= 11 is 0. The number of sulfonamides is 1. The Labute approximate surface area is 186 Å². The number of nitrogens with zero attached hydrogens (tertiary/aromatic N) is 2. The molecule has 4 aliphatic carbocycles. The van der Waals surface area contributed by atoms with Crippen molar-refractivity contribution in [3.63, 3.8) is 0 Å². The lowest BCUT2D eigenvalue weighted by molar-refractivity contribution is -0.118. The number of carbonyl (C=O) groups is 1. The van der Waals surface area contributed by atoms with Crippen molar-refractivity contribution in [3.05, 3.63) is 24.3 Å². The van der Waals surface area contributed by atoms with Gasteiger partial charge in [-0.05, 0) is 99.8 Å². The standard InChI is InChI=1S/C24H35N3O3S/c1-26(17-24-13-18-9-19(14-24)11-20(10-18)15-24)16-23(28)25-21-5-4-6-22(12-21)31(29,30)27-7-2-3-8-27/h4-6,12,18-20H,2-3,7-11,13-17H2,1H3,(H,25,28). The minimum Gasteiger partial charge on any atom is -0.325 e. The molecule has 1 N–H and O–H groups in total. The van der Waals surface area contributed by atoms with E-state index in [1.54, 1.807) is 24.3 Å². The number of likely N-dealkylation sites (N-methyl/N-ethyl adjacent to an activating group) is 1. The summed E-state index contributed by atoms with van der Waals surface area (Å²) in [6.45, 7) is 2.49. The van der Waals surface area contributed by atoms with Crippen LogP contribution >= 0.6 is 0 Å². The normalized spacial score (nSPS) is 32.6. The van der Waals surface area contributed by atoms with Crippen LogP contribution in [0.4, 0.5) is 5.69 Å². The Hall–Kier alpha value is -1.44. The summed E-state index contributed by atoms with van der Waals surface area (Å²) in [5, 5.41) is 2.92. The zero-order chi connectivity index (χ0) is 21.6. The molecule has 31 heavy (non-hydrogen) atoms. The molecule has 0 radical (unpaired) electrons. The van der Waals surface area contributed by atoms with Crippen LogP contribution in [0.25, 0.3) is 0 Å². The second-order valence-corrected chi connectivity index (χ2v) is 12.7. The molecule has 7 heteroatoms. The van der Waals surface area contributed by atoms with E-state index in [1.165, 1.54) is 42.8 Å². The Morgan fingerprint density at radius 1 is 1.10 bits per heavy atom. The van der Waals surface area contributed by atoms with Gasteiger partial charge in [-0.1, -0.05) is 6.07 Å². The van der Waals surface area contributed by atoms with Gasteiger partial charge in [-0.2, -0.15) is 4.31 Å². The molecule has 0 unspecified atom stereocenters. The zero-order valence-electron chi connectivity index (χ0n) is 18.6. The second-order valence-electron chi connectivity index (χ2n) is 10.8. The van der Waals surface area contributed by atoms with E-state index in [0.717, 1.165) is 37.1 Å². The number of anilines is 1. The van der Waals surface area contributed by atoms with Crippen molar-refractivity contribution in [1.82, 2.24) is 9.21 Å². The van der Waals surface area contributed by atoms with Crippen LogP contribution in [-0.4, -0.2) is 56.8 Å². The van der Waals surface area contributed by atoms with E-state index in [0.29, 0.717) is 30.7 Å². The highest BCUT2D eigenvalue weighted by atomic mass is 32.2. The van der Waals surface area contributed by atoms with Gasteiger partial charge in [0.25, 0.3) is 0 Å². The topological polar surface area (TPSA) is 69.7 Å². The average Bonchev–Trinajstić information content (AvgIpc) is 3.22. The van der Waals surface area contributed by atoms with Crippen LogP contribution in [0.15, 0.2) is 29.2 Å². The monoisotopic (exact) mass is 445 g/mol. The summed E-state index contributed by atoms with van der Waals surface area (Å²) in [4.78, 5) is 15.1. The number of benzene rings is 1. The maximum absolute atomic E-state index is 12.8. The maximum Gasteiger partial charge on any atom is 0.243 e. The Morgan fingerprint density at radius 2 is 1.71 bits per heavy atom. The molecule has 1 aliphatic heterocycles. The van der Waals surface area contributed by atoms with Crippen LogP contribution in [-0.2, 0) is 14.8 Å². The van der Waals surface area contributed by atoms with Crippen molar-refractivity contribution in [1.29, 1.82) is 0 Å². The molecule has 1 aromatic carbocycles. The predicted molar refractivity (Wildman–Crippen MR) is 121 cm³/mol. The van der Waals surface area contributed by atoms with Crippen LogP contribution < -0.4 is 5.32 Å². The molecule has 0 atom stereocenters. The highest BCUT2D eigenvalue weighted by Gasteiger charge is 2.51. The SMILES string of the molecule is CN(CC(=O)Nc1cccc(S(=O)(=O)N2CCCC2)c1)CC12CC3CC(CC(C3)C1)C2. The third kappa shape index (κ3) is 4.41. The van der Waals surface area contributed by atoms with Crippen molar-refractivity contribution in [3.8, 4) is 0 Å². The molecule has 5 aliphatic rings. The minimum atomic E-state index is -3.48. The first-order valence-electron chi connectivity index (χ1n) is 11.9. The molecule has 6 rings (SSSR count). The van der Waals surface area contributed by atoms with Gasteiger partial charge in [0.1, 0.15) is 0 Å². The van der Waals surface area contributed by atoms with E-state index < -0.39 is 10.0 Å². The summed E-state index contributed by atoms with van der Waals surface area (Å²) in [6, 6.07) is 6.67. The van der Waals surface area contributed by atoms with Gasteiger partial charge in [-0.15, -0.1) is 0 Å². The quantitative estimate of drug-likeness (QED) is 0.697. The lowest BCUT2D eigenvalue weighted by atomic mass is 9.49. The summed E-state index contributed by atoms with van der Waals surface area (Å²) in [6.07, 6.45) is 10.1. The number of carbonyl (C=O) groups excluding carboxylic acids is 1. The highest BCUT2D eigenvalue weighted by molar-refractivity contribution is 7.89. The van der Waals surface area contributed by atoms with Gasteiger partial charge in [0.2, 0.25) is 15.9 Å². The van der Waals surface area contributed by atoms with Crippen LogP contribution in [0, 0.1) is 23.2 Å². The maximum atomic E-state index is 12.8. The van der Waals surface area contributed by atoms with E-state index in [2.05, 4.69) is 10.2 Å². The molecule has 1 saturated heterocycles. The predicted octanol–water partition coefficient (Wildman–Crippen LogP) is 3.56. The van der Waals surface area contributed by atoms with Crippen LogP contribution in [0.5, 0.6) is 0 Å². The Bertz CT molecular complexity index is 904. The molecular weight excluding hydrogens is 410 g/mol. The van der Waals surface area contributed by atoms with Crippen molar-refractivity contribution in [2.75, 3.05) is 38.5 Å². The molecule has 0 spiro atoms. The summed E-state index contributed by atoms with van der Waals surface area (Å²) in [5.41, 5.74) is 0.960. The molecule has 4 bridgehead atoms. The van der Waals surface area contributed by atoms with Gasteiger partial charge >= 0.3 is 0 Å². The zero-order valence-corrected chi connectivity index (χ0v) is 19.4. The van der Waals surface area contributed by atoms with E-state index in [4.69, 9.17) is 0 Å². The van der Waals surface area contributed by atoms with E-state index in [1.807, 2.05) is 7.05 Å². The fourth-order valence-electron chi connectivity index (χ4n) is 7.37. The molecule has 4 saturated carbocycles. The number of hydrogen-bond acceptors (Lipinski definition) is 4. The van der Waals surface area contributed by atoms with Gasteiger partial charge < -0.3 is 5.32 Å². The lowest BCUT2D eigenvalue weighted by Crippen LogP contribution is -2.51. The lowest BCUT2D eigenvalue weighted by Gasteiger charge is -2.57. The van der Waals surface area contributed by atoms with E-state index >= 15 is 0 Å². The van der Waals surface area contributed by atoms with Crippen LogP contribution in [0.3, 0.4) is 0 Å². The third-order valence-electron chi connectivity index (χ3n) is 8.00. The summed E-state index contributed by atoms with van der Waals surface area (Å²) in [7, 11) is -1.43. The number of rotatable bonds is 7. The second kappa shape index (κ2) is 8.16. The Balaban J connectivity index is 1.19. The van der Waals surface area contributed by atoms with E-state index in [-0.39, 0.29) is 10.8 Å². The van der Waals surface area contributed by atoms with Gasteiger partial charge in [0.15, 0.2) is 0 Å². The van der Waals surface area contributed by atoms with Crippen molar-refractivity contribution in [2.45, 2.75) is 56.3 Å². The Morgan fingerprint density at radius 3 is 2.32 bits per heavy atom. The summed E-state index contributed by atoms with van der Waals surface area (Å²) < 4.78 is 27.1. The first-order valence-corrected chi connectivity index (χ1v) is 13.3. The molecule has 0 aromatic heterocycles. The van der Waals surface area contributed by atoms with Crippen LogP contribution in [0.2, 0.25) is 0 Å². The molecular formula is C24H35N3O3S. The highest BCUT2D eigenvalue weighted by Crippen LogP contribution is 2.60. The van der Waals surface area contributed by atoms with Gasteiger partial charge in [-0.3, -0.25) is 9.69 Å². The van der Waals surface area contributed by atoms with Crippen molar-refractivity contribution in [2.24, 2.45) is 23.2 Å². The molecule has 1 amide bonds. The van der Waals surface area contributed by atoms with E-state index in [9.17, 15) is 13.2 Å². The van der Waals surface area contributed by atoms with Crippen LogP contribution in [0.1, 0.15) is 51.4 Å². The molecule has 5 fully saturated rings. The molecule has 1 heterocycles. The van der Waals surface area contributed by atoms with Gasteiger partial charge in [-0.25, -0.2) is 8.42 Å². The molecule has 170 valence electrons. The Kier molecular flexibility index (Phi) is 5.64. The fraction of sp³-hybridized carbons (Fsp3) is 0.708. The first-order chi connectivity index (χ1) is 14.8. The van der Waals surface area contributed by atoms with Gasteiger partial charge in [0.05, 0.1) is 11.4 Å². The number of nitrogens with one attached hydrogen (secondary N) is 1. The van der Waals surface area contributed by atoms with Gasteiger partial charge in [0, 0.05) is 25.3 Å². The largest absolute Gasteiger partial charge is 0.325 e. The number of hydrogen-bond donors (Lipinski definition) is 1. The molecule has 1 aromatic rings. The third-order valence-corrected chi connectivity index (χ3v) is 9.90. The van der Waals surface area contributed by atoms with Crippen molar-refractivity contribution >= 4 is 21.6 Å². The smallest absolute Gasteiger partial charge is 0.243 e. The minimum absolute atomic E-state index is 0.0806. The molecule has 6 nitrogen and oxygen atoms in total. The first kappa shape index (κ1) is 21.4. The average molecular weight is 446 g/mol. The number of amides is 1. The fourth-order valence-corrected chi connectivity index (χ4v) is 8.93.